The molecule has 1 saturated heterocycles. The molecule has 0 bridgehead atoms. The minimum Gasteiger partial charge on any atom is -0.492 e. The number of rotatable bonds is 7. The van der Waals surface area contributed by atoms with Crippen molar-refractivity contribution in [1.82, 2.24) is 24.6 Å². The molecule has 9 heteroatoms. The third-order valence-electron chi connectivity index (χ3n) is 5.31. The van der Waals surface area contributed by atoms with Crippen LogP contribution in [0.5, 0.6) is 5.75 Å². The summed E-state index contributed by atoms with van der Waals surface area (Å²) in [4.78, 5) is 23.0. The van der Waals surface area contributed by atoms with Crippen LogP contribution in [0, 0.1) is 0 Å². The van der Waals surface area contributed by atoms with Gasteiger partial charge in [-0.05, 0) is 44.2 Å². The van der Waals surface area contributed by atoms with Crippen LogP contribution in [0.3, 0.4) is 0 Å². The summed E-state index contributed by atoms with van der Waals surface area (Å²) in [6.45, 7) is 8.76. The van der Waals surface area contributed by atoms with E-state index in [1.807, 2.05) is 38.1 Å². The van der Waals surface area contributed by atoms with Crippen molar-refractivity contribution < 1.29 is 9.47 Å². The van der Waals surface area contributed by atoms with Gasteiger partial charge in [-0.15, -0.1) is 0 Å². The number of hydrogen-bond donors (Lipinski definition) is 1. The van der Waals surface area contributed by atoms with Crippen LogP contribution in [0.25, 0.3) is 22.5 Å². The summed E-state index contributed by atoms with van der Waals surface area (Å²) >= 11 is 0. The Hall–Kier alpha value is -3.30. The fourth-order valence-electron chi connectivity index (χ4n) is 3.57. The number of morpholine rings is 1. The van der Waals surface area contributed by atoms with Crippen molar-refractivity contribution in [3.8, 4) is 28.3 Å². The highest BCUT2D eigenvalue weighted by Gasteiger charge is 2.15. The van der Waals surface area contributed by atoms with Gasteiger partial charge in [0.25, 0.3) is 5.56 Å². The number of nitrogens with two attached hydrogens (primary N) is 1. The van der Waals surface area contributed by atoms with Gasteiger partial charge in [-0.1, -0.05) is 0 Å². The fourth-order valence-corrected chi connectivity index (χ4v) is 3.57. The normalized spacial score (nSPS) is 14.6. The zero-order chi connectivity index (χ0) is 22.5. The number of anilines is 1. The number of hydrogen-bond acceptors (Lipinski definition) is 8. The first-order valence-electron chi connectivity index (χ1n) is 10.8. The van der Waals surface area contributed by atoms with Crippen molar-refractivity contribution in [2.45, 2.75) is 19.9 Å². The number of nitrogens with zero attached hydrogens (tertiary/aromatic N) is 5. The fraction of sp³-hybridized carbons (Fsp3) is 0.391. The summed E-state index contributed by atoms with van der Waals surface area (Å²) < 4.78 is 12.7. The number of aromatic nitrogens is 4. The molecule has 1 aliphatic heterocycles. The van der Waals surface area contributed by atoms with E-state index in [0.717, 1.165) is 44.2 Å². The van der Waals surface area contributed by atoms with E-state index in [2.05, 4.69) is 20.0 Å². The molecule has 0 aliphatic carbocycles. The first-order valence-corrected chi connectivity index (χ1v) is 10.8. The van der Waals surface area contributed by atoms with Gasteiger partial charge in [-0.3, -0.25) is 9.69 Å². The van der Waals surface area contributed by atoms with Crippen molar-refractivity contribution in [2.75, 3.05) is 45.2 Å². The maximum absolute atomic E-state index is 12.1. The lowest BCUT2D eigenvalue weighted by Crippen LogP contribution is -2.38. The molecule has 4 rings (SSSR count). The van der Waals surface area contributed by atoms with E-state index in [-0.39, 0.29) is 17.5 Å². The predicted molar refractivity (Wildman–Crippen MR) is 123 cm³/mol. The van der Waals surface area contributed by atoms with Crippen molar-refractivity contribution in [3.63, 3.8) is 0 Å². The molecule has 0 atom stereocenters. The Morgan fingerprint density at radius 3 is 2.59 bits per heavy atom. The highest BCUT2D eigenvalue weighted by atomic mass is 16.5. The highest BCUT2D eigenvalue weighted by Crippen LogP contribution is 2.30. The summed E-state index contributed by atoms with van der Waals surface area (Å²) in [6, 6.07) is 10.8. The molecule has 0 spiro atoms. The quantitative estimate of drug-likeness (QED) is 0.601. The molecule has 0 amide bonds. The zero-order valence-electron chi connectivity index (χ0n) is 18.4. The molecule has 168 valence electrons. The van der Waals surface area contributed by atoms with E-state index in [0.29, 0.717) is 23.6 Å². The summed E-state index contributed by atoms with van der Waals surface area (Å²) in [5.41, 5.74) is 8.55. The van der Waals surface area contributed by atoms with E-state index in [1.54, 1.807) is 12.3 Å². The Balaban J connectivity index is 1.54. The highest BCUT2D eigenvalue weighted by molar-refractivity contribution is 5.79. The largest absolute Gasteiger partial charge is 0.492 e. The maximum Gasteiger partial charge on any atom is 0.267 e. The minimum absolute atomic E-state index is 0.0607. The standard InChI is InChI=1S/C23H28N6O3/c1-16(2)29-21(30)8-7-20(27-29)19-15-25-23(24)26-22(19)17-3-5-18(6-4-17)32-14-11-28-9-12-31-13-10-28/h3-8,15-16H,9-14H2,1-2H3,(H2,24,25,26). The molecule has 3 aromatic rings. The van der Waals surface area contributed by atoms with Gasteiger partial charge in [-0.25, -0.2) is 14.6 Å². The van der Waals surface area contributed by atoms with Gasteiger partial charge in [0.05, 0.1) is 30.6 Å². The molecular weight excluding hydrogens is 408 g/mol. The van der Waals surface area contributed by atoms with E-state index >= 15 is 0 Å². The molecule has 1 aromatic carbocycles. The molecule has 2 aromatic heterocycles. The number of nitrogen functional groups attached to an aromatic ring is 1. The second kappa shape index (κ2) is 9.88. The zero-order valence-corrected chi connectivity index (χ0v) is 18.4. The molecule has 3 heterocycles. The lowest BCUT2D eigenvalue weighted by Gasteiger charge is -2.26. The Labute approximate surface area is 186 Å². The van der Waals surface area contributed by atoms with Gasteiger partial charge >= 0.3 is 0 Å². The van der Waals surface area contributed by atoms with E-state index < -0.39 is 0 Å². The minimum atomic E-state index is -0.153. The monoisotopic (exact) mass is 436 g/mol. The van der Waals surface area contributed by atoms with Gasteiger partial charge in [0.2, 0.25) is 5.95 Å². The molecule has 0 saturated carbocycles. The Morgan fingerprint density at radius 1 is 1.12 bits per heavy atom. The Morgan fingerprint density at radius 2 is 1.88 bits per heavy atom. The molecule has 0 unspecified atom stereocenters. The Bertz CT molecular complexity index is 1110. The maximum atomic E-state index is 12.1. The first kappa shape index (κ1) is 21.9. The van der Waals surface area contributed by atoms with Crippen LogP contribution in [0.2, 0.25) is 0 Å². The van der Waals surface area contributed by atoms with Crippen molar-refractivity contribution >= 4 is 5.95 Å². The second-order valence-electron chi connectivity index (χ2n) is 7.91. The summed E-state index contributed by atoms with van der Waals surface area (Å²) in [7, 11) is 0. The third-order valence-corrected chi connectivity index (χ3v) is 5.31. The van der Waals surface area contributed by atoms with Crippen LogP contribution in [0.1, 0.15) is 19.9 Å². The number of ether oxygens (including phenoxy) is 2. The average molecular weight is 437 g/mol. The lowest BCUT2D eigenvalue weighted by atomic mass is 10.0. The Kier molecular flexibility index (Phi) is 6.77. The molecule has 1 fully saturated rings. The summed E-state index contributed by atoms with van der Waals surface area (Å²) in [6.07, 6.45) is 1.64. The molecule has 32 heavy (non-hydrogen) atoms. The molecule has 1 aliphatic rings. The topological polar surface area (TPSA) is 108 Å². The van der Waals surface area contributed by atoms with Crippen LogP contribution in [0.15, 0.2) is 47.4 Å². The van der Waals surface area contributed by atoms with Gasteiger partial charge in [0.15, 0.2) is 0 Å². The van der Waals surface area contributed by atoms with Crippen LogP contribution in [-0.2, 0) is 4.74 Å². The van der Waals surface area contributed by atoms with E-state index in [1.165, 1.54) is 10.7 Å². The van der Waals surface area contributed by atoms with Crippen molar-refractivity contribution in [3.05, 3.63) is 52.9 Å². The van der Waals surface area contributed by atoms with Crippen molar-refractivity contribution in [1.29, 1.82) is 0 Å². The third kappa shape index (κ3) is 5.12. The first-order chi connectivity index (χ1) is 15.5. The van der Waals surface area contributed by atoms with Gasteiger partial charge in [-0.2, -0.15) is 5.10 Å². The lowest BCUT2D eigenvalue weighted by molar-refractivity contribution is 0.0322. The molecule has 2 N–H and O–H groups in total. The van der Waals surface area contributed by atoms with Gasteiger partial charge in [0, 0.05) is 43.0 Å². The van der Waals surface area contributed by atoms with Gasteiger partial charge < -0.3 is 15.2 Å². The smallest absolute Gasteiger partial charge is 0.267 e. The van der Waals surface area contributed by atoms with Crippen LogP contribution < -0.4 is 16.0 Å². The SMILES string of the molecule is CC(C)n1nc(-c2cnc(N)nc2-c2ccc(OCCN3CCOCC3)cc2)ccc1=O. The summed E-state index contributed by atoms with van der Waals surface area (Å²) in [5.74, 6) is 0.962. The molecule has 9 nitrogen and oxygen atoms in total. The molecule has 0 radical (unpaired) electrons. The van der Waals surface area contributed by atoms with E-state index in [4.69, 9.17) is 15.2 Å². The summed E-state index contributed by atoms with van der Waals surface area (Å²) in [5, 5.41) is 4.51. The van der Waals surface area contributed by atoms with Crippen LogP contribution in [-0.4, -0.2) is 64.1 Å². The van der Waals surface area contributed by atoms with Crippen LogP contribution in [0.4, 0.5) is 5.95 Å². The van der Waals surface area contributed by atoms with Gasteiger partial charge in [0.1, 0.15) is 12.4 Å². The average Bonchev–Trinajstić information content (AvgIpc) is 2.80. The van der Waals surface area contributed by atoms with E-state index in [9.17, 15) is 4.79 Å². The van der Waals surface area contributed by atoms with Crippen molar-refractivity contribution in [2.24, 2.45) is 0 Å². The van der Waals surface area contributed by atoms with Crippen LogP contribution >= 0.6 is 0 Å². The predicted octanol–water partition coefficient (Wildman–Crippen LogP) is 2.24. The second-order valence-corrected chi connectivity index (χ2v) is 7.91. The molecular formula is C23H28N6O3. The number of benzene rings is 1.